The topological polar surface area (TPSA) is 152 Å². The van der Waals surface area contributed by atoms with E-state index in [2.05, 4.69) is 17.2 Å². The molecule has 4 atom stereocenters. The largest absolute Gasteiger partial charge is 1.00 e. The number of nitrogens with zero attached hydrogens (tertiary/aromatic N) is 1. The quantitative estimate of drug-likeness (QED) is 0.0556. The van der Waals surface area contributed by atoms with Crippen LogP contribution in [0.4, 0.5) is 0 Å². The van der Waals surface area contributed by atoms with Gasteiger partial charge in [0.2, 0.25) is 0 Å². The molecule has 0 spiro atoms. The molecule has 0 radical (unpaired) electrons. The molecule has 0 saturated carbocycles. The van der Waals surface area contributed by atoms with Gasteiger partial charge in [-0.25, -0.2) is 4.18 Å². The maximum Gasteiger partial charge on any atom is 1.00 e. The smallest absolute Gasteiger partial charge is 0.862 e. The van der Waals surface area contributed by atoms with Gasteiger partial charge in [-0.15, -0.1) is 0 Å². The van der Waals surface area contributed by atoms with E-state index in [0.29, 0.717) is 25.8 Å². The number of aliphatic imine (C=N–C) groups is 1. The molecule has 4 N–H and O–H groups in total. The van der Waals surface area contributed by atoms with Crippen LogP contribution >= 0.6 is 0 Å². The molecular formula is C23H45N2NaO7S. The fraction of sp³-hybridized carbons (Fsp3) is 0.957. The fourth-order valence-electron chi connectivity index (χ4n) is 4.15. The molecule has 196 valence electrons. The molecule has 0 aromatic rings. The van der Waals surface area contributed by atoms with Crippen molar-refractivity contribution >= 4 is 16.3 Å². The second kappa shape index (κ2) is 20.3. The Morgan fingerprint density at radius 3 is 2.03 bits per heavy atom. The van der Waals surface area contributed by atoms with Crippen molar-refractivity contribution in [1.82, 2.24) is 5.32 Å². The number of β-amino-alcohol motifs (C(OH)–C–C–N with tert-alkyl or cyclic N) is 1. The van der Waals surface area contributed by atoms with Gasteiger partial charge in [0.1, 0.15) is 0 Å². The second-order valence-electron chi connectivity index (χ2n) is 9.17. The third-order valence-electron chi connectivity index (χ3n) is 6.16. The van der Waals surface area contributed by atoms with E-state index in [1.807, 2.05) is 0 Å². The van der Waals surface area contributed by atoms with E-state index in [-0.39, 0.29) is 48.0 Å². The minimum atomic E-state index is -4.40. The van der Waals surface area contributed by atoms with Gasteiger partial charge < -0.3 is 25.6 Å². The van der Waals surface area contributed by atoms with Crippen molar-refractivity contribution in [2.24, 2.45) is 4.99 Å². The van der Waals surface area contributed by atoms with Crippen LogP contribution in [0, 0.1) is 0 Å². The summed E-state index contributed by atoms with van der Waals surface area (Å²) in [5.74, 6) is -0.151. The summed E-state index contributed by atoms with van der Waals surface area (Å²) in [6, 6.07) is -0.347. The molecule has 1 aliphatic rings. The van der Waals surface area contributed by atoms with Crippen LogP contribution in [0.1, 0.15) is 103 Å². The molecule has 0 aromatic heterocycles. The van der Waals surface area contributed by atoms with Crippen molar-refractivity contribution in [2.75, 3.05) is 13.1 Å². The second-order valence-corrected chi connectivity index (χ2v) is 10.2. The van der Waals surface area contributed by atoms with Crippen molar-refractivity contribution in [1.29, 1.82) is 0 Å². The van der Waals surface area contributed by atoms with Gasteiger partial charge in [0.05, 0.1) is 30.9 Å². The Morgan fingerprint density at radius 2 is 1.53 bits per heavy atom. The molecule has 1 rings (SSSR count). The van der Waals surface area contributed by atoms with Crippen molar-refractivity contribution in [3.63, 3.8) is 0 Å². The Kier molecular flexibility index (Phi) is 20.4. The summed E-state index contributed by atoms with van der Waals surface area (Å²) in [5.41, 5.74) is 0. The number of aliphatic hydroxyl groups excluding tert-OH is 2. The molecule has 0 unspecified atom stereocenters. The van der Waals surface area contributed by atoms with Gasteiger partial charge in [0.15, 0.2) is 0 Å². The van der Waals surface area contributed by atoms with E-state index in [1.165, 1.54) is 0 Å². The molecule has 1 heterocycles. The third kappa shape index (κ3) is 17.6. The van der Waals surface area contributed by atoms with E-state index in [9.17, 15) is 23.7 Å². The van der Waals surface area contributed by atoms with E-state index < -0.39 is 28.7 Å². The molecule has 34 heavy (non-hydrogen) atoms. The van der Waals surface area contributed by atoms with Crippen molar-refractivity contribution in [3.05, 3.63) is 0 Å². The van der Waals surface area contributed by atoms with Gasteiger partial charge in [0.25, 0.3) is 0 Å². The Hall–Kier alpha value is 0.220. The van der Waals surface area contributed by atoms with E-state index >= 15 is 0 Å². The molecular weight excluding hydrogens is 471 g/mol. The van der Waals surface area contributed by atoms with Gasteiger partial charge in [-0.3, -0.25) is 4.55 Å². The first-order valence-corrected chi connectivity index (χ1v) is 14.0. The Morgan fingerprint density at radius 1 is 1.00 bits per heavy atom. The van der Waals surface area contributed by atoms with Crippen LogP contribution in [0.2, 0.25) is 0 Å². The third-order valence-corrected chi connectivity index (χ3v) is 6.68. The van der Waals surface area contributed by atoms with E-state index in [4.69, 9.17) is 8.74 Å². The summed E-state index contributed by atoms with van der Waals surface area (Å²) >= 11 is 0. The predicted octanol–water partition coefficient (Wildman–Crippen LogP) is -0.498. The minimum absolute atomic E-state index is 0. The number of unbranched alkanes of at least 4 members (excludes halogenated alkanes) is 10. The Balaban J connectivity index is 0.0000109. The molecule has 9 nitrogen and oxygen atoms in total. The molecule has 0 amide bonds. The Labute approximate surface area is 228 Å². The van der Waals surface area contributed by atoms with Gasteiger partial charge in [-0.1, -0.05) is 77.6 Å². The predicted molar refractivity (Wildman–Crippen MR) is 127 cm³/mol. The average Bonchev–Trinajstić information content (AvgIpc) is 3.07. The summed E-state index contributed by atoms with van der Waals surface area (Å²) in [5, 5.41) is 34.0. The molecule has 11 heteroatoms. The number of hydrogen-bond donors (Lipinski definition) is 4. The zero-order valence-electron chi connectivity index (χ0n) is 21.2. The summed E-state index contributed by atoms with van der Waals surface area (Å²) < 4.78 is 35.9. The summed E-state index contributed by atoms with van der Waals surface area (Å²) in [4.78, 5) is 3.99. The zero-order chi connectivity index (χ0) is 24.5. The Bertz CT molecular complexity index is 637. The normalized spacial score (nSPS) is 22.0. The first kappa shape index (κ1) is 34.2. The summed E-state index contributed by atoms with van der Waals surface area (Å²) in [6.45, 7) is 2.65. The molecule has 0 aromatic carbocycles. The molecule has 0 aliphatic carbocycles. The SMILES string of the molecule is CCCCCC[C@H](CCCCCCCCCCC([O-])=NC[C@@H]1NC[C@H](O)[C@H]1O)OS(=O)(=O)O.[Na+]. The number of rotatable bonds is 20. The molecule has 1 saturated heterocycles. The minimum Gasteiger partial charge on any atom is -0.862 e. The summed E-state index contributed by atoms with van der Waals surface area (Å²) in [7, 11) is -4.40. The zero-order valence-corrected chi connectivity index (χ0v) is 24.0. The molecule has 0 bridgehead atoms. The van der Waals surface area contributed by atoms with E-state index in [1.54, 1.807) is 0 Å². The van der Waals surface area contributed by atoms with Crippen LogP contribution in [0.25, 0.3) is 0 Å². The van der Waals surface area contributed by atoms with Crippen LogP contribution in [-0.4, -0.2) is 66.5 Å². The maximum absolute atomic E-state index is 11.8. The number of aliphatic hydroxyl groups is 2. The monoisotopic (exact) mass is 516 g/mol. The maximum atomic E-state index is 11.8. The molecule has 1 aliphatic heterocycles. The van der Waals surface area contributed by atoms with Crippen molar-refractivity contribution in [2.45, 2.75) is 128 Å². The van der Waals surface area contributed by atoms with Gasteiger partial charge in [0, 0.05) is 6.54 Å². The van der Waals surface area contributed by atoms with Crippen LogP contribution in [-0.2, 0) is 14.6 Å². The summed E-state index contributed by atoms with van der Waals surface area (Å²) in [6.07, 6.45) is 11.8. The van der Waals surface area contributed by atoms with Crippen LogP contribution in [0.5, 0.6) is 0 Å². The standard InChI is InChI=1S/C23H46N2O7S.Na/c1-2-3-4-11-14-19(32-33(29,30)31)15-12-9-7-5-6-8-10-13-16-22(27)25-17-20-23(28)21(26)18-24-20;/h19-21,23-24,26,28H,2-18H2,1H3,(H,25,27)(H,29,30,31);/q;+1/p-1/t19-,20+,21+,23+;/m1./s1. The fourth-order valence-corrected chi connectivity index (χ4v) is 4.69. The van der Waals surface area contributed by atoms with Gasteiger partial charge in [-0.05, 0) is 31.6 Å². The van der Waals surface area contributed by atoms with Gasteiger partial charge in [-0.2, -0.15) is 8.42 Å². The van der Waals surface area contributed by atoms with Gasteiger partial charge >= 0.3 is 40.0 Å². The number of nitrogens with one attached hydrogen (secondary N) is 1. The number of hydrogen-bond acceptors (Lipinski definition) is 8. The molecule has 1 fully saturated rings. The van der Waals surface area contributed by atoms with Crippen LogP contribution in [0.15, 0.2) is 4.99 Å². The average molecular weight is 517 g/mol. The first-order chi connectivity index (χ1) is 15.7. The van der Waals surface area contributed by atoms with Crippen molar-refractivity contribution in [3.8, 4) is 0 Å². The van der Waals surface area contributed by atoms with Crippen LogP contribution < -0.4 is 40.0 Å². The van der Waals surface area contributed by atoms with E-state index in [0.717, 1.165) is 77.0 Å². The van der Waals surface area contributed by atoms with Crippen LogP contribution in [0.3, 0.4) is 0 Å². The van der Waals surface area contributed by atoms with Crippen molar-refractivity contribution < 1.29 is 62.0 Å². The first-order valence-electron chi connectivity index (χ1n) is 12.7.